The Balaban J connectivity index is -0.00000000610. The average molecular weight is 1350 g/mol. The molecule has 0 amide bonds. The summed E-state index contributed by atoms with van der Waals surface area (Å²) < 4.78 is 1.19. The molecule has 3 radical (unpaired) electrons. The smallest absolute Gasteiger partial charge is 0.358 e. The molecule has 0 aromatic rings. The SMILES string of the molecule is CCl.I.ICI.[CH-]1CCC1.[CH-]1CCC1.[CH2-]I.[CH3-].[CH3-].[CH3-].[CH3-].[V].[W+2].[W+2].[Y].[Y]. The van der Waals surface area contributed by atoms with Gasteiger partial charge in [-0.2, -0.15) is 25.7 Å². The first-order valence-corrected chi connectivity index (χ1v) is 10.1. The molecule has 0 heterocycles. The molecule has 0 atom stereocenters. The maximum absolute atomic E-state index is 4.64. The van der Waals surface area contributed by atoms with E-state index in [2.05, 4.69) is 74.6 Å². The summed E-state index contributed by atoms with van der Waals surface area (Å²) in [6.07, 6.45) is 14.5. The van der Waals surface area contributed by atoms with Crippen molar-refractivity contribution >= 4 is 103 Å². The third-order valence-corrected chi connectivity index (χ3v) is 1.63. The number of halogens is 5. The molecule has 2 saturated carbocycles. The van der Waals surface area contributed by atoms with Crippen LogP contribution in [0.5, 0.6) is 0 Å². The van der Waals surface area contributed by atoms with E-state index in [-0.39, 0.29) is 180 Å². The molecule has 0 saturated heterocycles. The molecule has 10 heteroatoms. The monoisotopic (exact) mass is 1350 g/mol. The molecule has 0 spiro atoms. The van der Waals surface area contributed by atoms with Crippen molar-refractivity contribution in [2.45, 2.75) is 38.5 Å². The molecule has 0 bridgehead atoms. The van der Waals surface area contributed by atoms with Gasteiger partial charge in [-0.25, -0.2) is 0 Å². The summed E-state index contributed by atoms with van der Waals surface area (Å²) in [6, 6.07) is 0. The van der Waals surface area contributed by atoms with Crippen LogP contribution in [-0.2, 0) is 126 Å². The van der Waals surface area contributed by atoms with E-state index in [9.17, 15) is 0 Å². The Morgan fingerprint density at radius 1 is 0.760 bits per heavy atom. The minimum atomic E-state index is 0. The van der Waals surface area contributed by atoms with Crippen molar-refractivity contribution in [2.75, 3.05) is 8.82 Å². The zero-order valence-corrected chi connectivity index (χ0v) is 38.6. The Morgan fingerprint density at radius 2 is 0.800 bits per heavy atom. The normalized spacial score (nSPS) is 8.88. The minimum Gasteiger partial charge on any atom is -0.358 e. The summed E-state index contributed by atoms with van der Waals surface area (Å²) in [5.41, 5.74) is 0. The Labute approximate surface area is 317 Å². The van der Waals surface area contributed by atoms with Gasteiger partial charge in [0.25, 0.3) is 0 Å². The fraction of sp³-hybridized carbons (Fsp3) is 0.533. The van der Waals surface area contributed by atoms with E-state index < -0.39 is 0 Å². The van der Waals surface area contributed by atoms with Crippen LogP contribution >= 0.6 is 103 Å². The van der Waals surface area contributed by atoms with Gasteiger partial charge in [-0.3, -0.25) is 4.93 Å². The zero-order valence-electron chi connectivity index (χ0n) is 16.2. The van der Waals surface area contributed by atoms with Crippen LogP contribution in [0, 0.1) is 47.5 Å². The van der Waals surface area contributed by atoms with Crippen LogP contribution in [0.2, 0.25) is 0 Å². The van der Waals surface area contributed by atoms with Crippen LogP contribution in [0.15, 0.2) is 0 Å². The molecule has 2 aliphatic carbocycles. The van der Waals surface area contributed by atoms with E-state index in [4.69, 9.17) is 0 Å². The fourth-order valence-corrected chi connectivity index (χ4v) is 0.408. The van der Waals surface area contributed by atoms with Crippen LogP contribution < -0.4 is 0 Å². The topological polar surface area (TPSA) is 0 Å². The van der Waals surface area contributed by atoms with Crippen molar-refractivity contribution < 1.29 is 126 Å². The van der Waals surface area contributed by atoms with E-state index in [1.165, 1.54) is 47.3 Å². The van der Waals surface area contributed by atoms with Gasteiger partial charge in [0, 0.05) is 90.4 Å². The van der Waals surface area contributed by atoms with E-state index in [1.807, 2.05) is 22.6 Å². The second kappa shape index (κ2) is 108. The van der Waals surface area contributed by atoms with Crippen molar-refractivity contribution in [1.82, 2.24) is 0 Å². The van der Waals surface area contributed by atoms with Crippen molar-refractivity contribution in [3.8, 4) is 0 Å². The Bertz CT molecular complexity index is 78.6. The summed E-state index contributed by atoms with van der Waals surface area (Å²) in [4.78, 5) is 3.22. The van der Waals surface area contributed by atoms with E-state index in [0.29, 0.717) is 0 Å². The summed E-state index contributed by atoms with van der Waals surface area (Å²) in [7, 11) is 0. The number of hydrogen-bond acceptors (Lipinski definition) is 0. The molecule has 2 fully saturated rings. The molecule has 2 rings (SSSR count). The quantitative estimate of drug-likeness (QED) is 0.129. The van der Waals surface area contributed by atoms with Crippen LogP contribution in [0.25, 0.3) is 0 Å². The summed E-state index contributed by atoms with van der Waals surface area (Å²) in [5, 5.41) is 0. The molecule has 0 nitrogen and oxygen atoms in total. The molecule has 2 aliphatic rings. The first kappa shape index (κ1) is 84.9. The van der Waals surface area contributed by atoms with Gasteiger partial charge in [0.05, 0.1) is 2.43 Å². The third-order valence-electron chi connectivity index (χ3n) is 1.63. The van der Waals surface area contributed by atoms with Crippen molar-refractivity contribution in [1.29, 1.82) is 0 Å². The predicted octanol–water partition coefficient (Wildman–Crippen LogP) is 9.04. The van der Waals surface area contributed by atoms with Gasteiger partial charge in [0.15, 0.2) is 0 Å². The molecule has 155 valence electrons. The van der Waals surface area contributed by atoms with Crippen LogP contribution in [0.4, 0.5) is 0 Å². The largest absolute Gasteiger partial charge is 2.00 e. The minimum absolute atomic E-state index is 0. The van der Waals surface area contributed by atoms with Crippen LogP contribution in [0.3, 0.4) is 0 Å². The molecule has 0 N–H and O–H groups in total. The first-order chi connectivity index (χ1) is 7.41. The third kappa shape index (κ3) is 115. The number of alkyl halides is 3. The molecular formula is C15H34ClI4VW2Y2-3. The van der Waals surface area contributed by atoms with Gasteiger partial charge in [-0.15, -0.1) is 48.4 Å². The molecule has 0 unspecified atom stereocenters. The van der Waals surface area contributed by atoms with Gasteiger partial charge in [0.1, 0.15) is 0 Å². The van der Waals surface area contributed by atoms with E-state index >= 15 is 0 Å². The zero-order chi connectivity index (χ0) is 12.4. The van der Waals surface area contributed by atoms with Gasteiger partial charge in [0.2, 0.25) is 0 Å². The second-order valence-corrected chi connectivity index (χ2v) is 6.98. The molecule has 25 heavy (non-hydrogen) atoms. The summed E-state index contributed by atoms with van der Waals surface area (Å²) in [5.74, 6) is 0. The predicted molar refractivity (Wildman–Crippen MR) is 141 cm³/mol. The van der Waals surface area contributed by atoms with Gasteiger partial charge < -0.3 is 65.1 Å². The molecular weight excluding hydrogens is 1320 g/mol. The van der Waals surface area contributed by atoms with E-state index in [1.54, 1.807) is 0 Å². The second-order valence-electron chi connectivity index (χ2n) is 2.54. The van der Waals surface area contributed by atoms with E-state index in [0.717, 1.165) is 0 Å². The maximum Gasteiger partial charge on any atom is 2.00 e. The Hall–Kier alpha value is 7.38. The van der Waals surface area contributed by atoms with Gasteiger partial charge in [-0.1, -0.05) is 45.2 Å². The van der Waals surface area contributed by atoms with Gasteiger partial charge in [-0.05, 0) is 0 Å². The molecule has 0 aromatic heterocycles. The van der Waals surface area contributed by atoms with Crippen LogP contribution in [0.1, 0.15) is 38.5 Å². The number of rotatable bonds is 0. The summed E-state index contributed by atoms with van der Waals surface area (Å²) >= 11 is 11.1. The van der Waals surface area contributed by atoms with Crippen molar-refractivity contribution in [3.63, 3.8) is 0 Å². The first-order valence-electron chi connectivity index (χ1n) is 4.81. The Morgan fingerprint density at radius 3 is 0.800 bits per heavy atom. The Kier molecular flexibility index (Phi) is 367. The average Bonchev–Trinajstić information content (AvgIpc) is 2.06. The standard InChI is InChI=1S/2C4H7.CH3Cl.CH2I2.CH2I.4CH3.HI.V.2W.2Y/c2*1-2-4-3-1;1-2;2-1-3;1-2;;;;;;;;;;/h2*1H,2-4H2;1H3;1H2;1H2;4*1H3;1H;;;;;/q2*-1;;;5*-1;;;2*+2;;. The van der Waals surface area contributed by atoms with Crippen LogP contribution in [-0.4, -0.2) is 8.82 Å². The van der Waals surface area contributed by atoms with Crippen molar-refractivity contribution in [2.24, 2.45) is 0 Å². The maximum atomic E-state index is 4.64. The summed E-state index contributed by atoms with van der Waals surface area (Å²) in [6.45, 7) is 0. The fourth-order valence-electron chi connectivity index (χ4n) is 0.408. The van der Waals surface area contributed by atoms with Gasteiger partial charge >= 0.3 is 42.1 Å². The molecule has 0 aromatic carbocycles. The number of hydrogen-bond donors (Lipinski definition) is 0. The molecule has 0 aliphatic heterocycles. The van der Waals surface area contributed by atoms with Crippen molar-refractivity contribution in [3.05, 3.63) is 47.5 Å².